The van der Waals surface area contributed by atoms with Gasteiger partial charge in [-0.1, -0.05) is 189 Å². The summed E-state index contributed by atoms with van der Waals surface area (Å²) in [4.78, 5) is 17.3. The van der Waals surface area contributed by atoms with E-state index < -0.39 is 82.2 Å². The van der Waals surface area contributed by atoms with Gasteiger partial charge in [-0.15, -0.1) is 0 Å². The molecule has 0 saturated carbocycles. The highest BCUT2D eigenvalue weighted by atomic mass is 35.6. The number of azide groups is 2. The fourth-order valence-electron chi connectivity index (χ4n) is 14.1. The summed E-state index contributed by atoms with van der Waals surface area (Å²) in [7, 11) is 0.625. The number of aromatic nitrogens is 9. The van der Waals surface area contributed by atoms with Gasteiger partial charge in [0.25, 0.3) is 0 Å². The van der Waals surface area contributed by atoms with E-state index in [4.69, 9.17) is 114 Å². The molecule has 15 rings (SSSR count). The molecule has 0 bridgehead atoms. The number of rotatable bonds is 27. The molecule has 6 aromatic carbocycles. The van der Waals surface area contributed by atoms with E-state index in [2.05, 4.69) is 50.3 Å². The number of aliphatic hydroxyl groups excluding tert-OH is 3. The van der Waals surface area contributed by atoms with Crippen molar-refractivity contribution in [2.24, 2.45) is 10.2 Å². The standard InChI is InChI=1S/C33H33N7O4.C33H34N4O5.C12H15N7O4.C2H5BF.C2H6O.BCl3.F2/c1-32(43-21-26-15-9-4-10-16-26)30(42-20-25-13-7-3-8-14-25)28(22-41-19-24-11-5-2-6-12-24)44-33(32,38-39-35)29-18-17-27-31(34)36-23-37-40(27)29;1-32(41-21-26-15-9-4-10-16-26)30(40-20-25-13-7-3-8-14-25)28(22-39-19-24-11-5-2-6-12-24)42-33(32,38)29-18-17-27-31(34)35-23-36-37(27)29;1-11(22)9(21)7(4-20)23-12(11,17-18-14)8-3-2-6-10(13)15-5-16-19(6)8;1-2-3-4;1-2-3;2-1(3)4;1-2/h2-18,23,28,30H,19-22H2,1H3,(H2,34,36,37);2-18,23,28,30,38H,19-22H2,1H3,(H2,34,35,36);2-3,5,7,9,20-22H,4H2,1H3,(H2,13,15,16);2H2,1H3;3H,2H2,1H3;;/t28-,30-,32-,33+;28-,30-,32-,33?;7-,9-,11-,12+;;;;/m111..../s1. The monoisotopic (exact) mass is 1740 g/mol. The molecule has 3 aliphatic rings. The van der Waals surface area contributed by atoms with Crippen molar-refractivity contribution >= 4 is 80.9 Å². The minimum absolute atomic E-state index is 0.141. The molecule has 9 heterocycles. The smallest absolute Gasteiger partial charge is 0.397 e. The van der Waals surface area contributed by atoms with Crippen LogP contribution in [0.5, 0.6) is 0 Å². The van der Waals surface area contributed by atoms with E-state index in [0.29, 0.717) is 55.0 Å². The van der Waals surface area contributed by atoms with Crippen LogP contribution in [0, 0.1) is 0 Å². The summed E-state index contributed by atoms with van der Waals surface area (Å²) in [6.45, 7) is 10.0. The summed E-state index contributed by atoms with van der Waals surface area (Å²) in [5.41, 5.74) is 36.8. The molecule has 0 amide bonds. The lowest BCUT2D eigenvalue weighted by molar-refractivity contribution is -0.294. The first kappa shape index (κ1) is 95.3. The highest BCUT2D eigenvalue weighted by Gasteiger charge is 2.69. The predicted octanol–water partition coefficient (Wildman–Crippen LogP) is 13.4. The minimum Gasteiger partial charge on any atom is -0.397 e. The lowest BCUT2D eigenvalue weighted by atomic mass is 9.85. The number of nitrogens with zero attached hydrogens (tertiary/aromatic N) is 15. The molecule has 643 valence electrons. The van der Waals surface area contributed by atoms with Crippen LogP contribution in [-0.2, 0) is 99.5 Å². The van der Waals surface area contributed by atoms with Gasteiger partial charge in [0.05, 0.1) is 70.8 Å². The zero-order valence-corrected chi connectivity index (χ0v) is 69.3. The molecule has 1 unspecified atom stereocenters. The summed E-state index contributed by atoms with van der Waals surface area (Å²) in [6, 6.07) is 69.1. The quantitative estimate of drug-likeness (QED) is 0.0103. The zero-order chi connectivity index (χ0) is 87.9. The molecule has 3 saturated heterocycles. The predicted molar refractivity (Wildman–Crippen MR) is 453 cm³/mol. The minimum atomic E-state index is -2.01. The average molecular weight is 1740 g/mol. The van der Waals surface area contributed by atoms with Gasteiger partial charge in [0.2, 0.25) is 17.2 Å². The van der Waals surface area contributed by atoms with Crippen LogP contribution < -0.4 is 17.2 Å². The van der Waals surface area contributed by atoms with Gasteiger partial charge in [0, 0.05) is 25.6 Å². The van der Waals surface area contributed by atoms with E-state index in [1.807, 2.05) is 196 Å². The Morgan fingerprint density at radius 1 is 0.484 bits per heavy atom. The number of halogens is 6. The van der Waals surface area contributed by atoms with Crippen LogP contribution in [0.2, 0.25) is 6.32 Å². The van der Waals surface area contributed by atoms with Crippen LogP contribution >= 0.6 is 34.4 Å². The average Bonchev–Trinajstić information content (AvgIpc) is 1.55. The number of hydrogen-bond acceptors (Lipinski definition) is 25. The van der Waals surface area contributed by atoms with Crippen molar-refractivity contribution in [2.75, 3.05) is 43.6 Å². The second kappa shape index (κ2) is 45.5. The number of nitrogens with two attached hydrogens (primary N) is 3. The summed E-state index contributed by atoms with van der Waals surface area (Å²) < 4.78 is 88.9. The van der Waals surface area contributed by atoms with Gasteiger partial charge >= 0.3 is 12.5 Å². The number of anilines is 3. The Hall–Kier alpha value is -10.6. The van der Waals surface area contributed by atoms with Crippen LogP contribution in [0.15, 0.2) is 248 Å². The molecule has 1 radical (unpaired) electrons. The molecular weight excluding hydrogens is 1650 g/mol. The lowest BCUT2D eigenvalue weighted by Gasteiger charge is -2.40. The van der Waals surface area contributed by atoms with E-state index in [1.165, 1.54) is 41.0 Å². The SMILES string of the molecule is CCO.CC[B]F.C[C@@]1(O)[C@H](O)[C@@H](CO)O[C@@]1(N=[N+]=[N-])c1ccc2c(N)ncnn12.C[C@@]1(OCc2ccccc2)[C@H](OCc2ccccc2)[C@@H](COCc2ccccc2)OC1(O)c1ccc2c(N)ncnn12.C[C@@]1(OCc2ccccc2)[C@H](OCc2ccccc2)[C@@H](COCc2ccccc2)O[C@@]1(N=[N+]=[N-])c1ccc2c(N)ncnn12.ClB(Cl)Cl.FF. The van der Waals surface area contributed by atoms with E-state index in [-0.39, 0.29) is 69.4 Å². The fourth-order valence-corrected chi connectivity index (χ4v) is 14.1. The maximum Gasteiger partial charge on any atom is 0.450 e. The molecule has 3 aliphatic heterocycles. The highest BCUT2D eigenvalue weighted by Crippen LogP contribution is 2.54. The Morgan fingerprint density at radius 3 is 1.14 bits per heavy atom. The van der Waals surface area contributed by atoms with Gasteiger partial charge in [0.1, 0.15) is 89.1 Å². The van der Waals surface area contributed by atoms with E-state index >= 15 is 0 Å². The van der Waals surface area contributed by atoms with Gasteiger partial charge in [0.15, 0.2) is 23.1 Å². The molecule has 6 aromatic heterocycles. The van der Waals surface area contributed by atoms with E-state index in [1.54, 1.807) is 48.7 Å². The Labute approximate surface area is 716 Å². The molecule has 12 aromatic rings. The van der Waals surface area contributed by atoms with Gasteiger partial charge in [-0.3, -0.25) is 0 Å². The van der Waals surface area contributed by atoms with E-state index in [9.17, 15) is 30.3 Å². The molecule has 122 heavy (non-hydrogen) atoms. The van der Waals surface area contributed by atoms with Gasteiger partial charge < -0.3 is 89.7 Å². The molecule has 40 heteroatoms. The van der Waals surface area contributed by atoms with Crippen LogP contribution in [0.1, 0.15) is 85.1 Å². The van der Waals surface area contributed by atoms with Crippen molar-refractivity contribution in [3.8, 4) is 0 Å². The third kappa shape index (κ3) is 22.1. The first-order valence-electron chi connectivity index (χ1n) is 38.1. The van der Waals surface area contributed by atoms with Crippen molar-refractivity contribution in [1.82, 2.24) is 43.8 Å². The molecule has 11 N–H and O–H groups in total. The van der Waals surface area contributed by atoms with Gasteiger partial charge in [-0.2, -0.15) is 49.7 Å². The molecule has 3 fully saturated rings. The molecule has 12 atom stereocenters. The first-order valence-corrected chi connectivity index (χ1v) is 39.4. The Morgan fingerprint density at radius 2 is 0.787 bits per heavy atom. The normalized spacial score (nSPS) is 23.5. The largest absolute Gasteiger partial charge is 0.450 e. The fraction of sp³-hybridized carbons (Fsp3) is 0.341. The molecule has 32 nitrogen and oxygen atoms in total. The number of hydrogen-bond donors (Lipinski definition) is 8. The summed E-state index contributed by atoms with van der Waals surface area (Å²) in [6.07, 6.45) is -1.06. The van der Waals surface area contributed by atoms with Crippen LogP contribution in [-0.4, -0.2) is 162 Å². The van der Waals surface area contributed by atoms with Crippen LogP contribution in [0.4, 0.5) is 30.9 Å². The zero-order valence-electron chi connectivity index (χ0n) is 67.0. The van der Waals surface area contributed by atoms with Crippen LogP contribution in [0.3, 0.4) is 0 Å². The summed E-state index contributed by atoms with van der Waals surface area (Å²) in [5.74, 6) is -1.26. The maximum atomic E-state index is 12.6. The van der Waals surface area contributed by atoms with Crippen molar-refractivity contribution in [3.05, 3.63) is 309 Å². The van der Waals surface area contributed by atoms with Crippen molar-refractivity contribution in [3.63, 3.8) is 0 Å². The molecular formula is C82H93B2Cl3F3N18O14. The number of benzene rings is 6. The van der Waals surface area contributed by atoms with Crippen molar-refractivity contribution < 1.29 is 81.6 Å². The summed E-state index contributed by atoms with van der Waals surface area (Å²) >= 11 is 14.4. The van der Waals surface area contributed by atoms with Gasteiger partial charge in [-0.25, -0.2) is 28.5 Å². The van der Waals surface area contributed by atoms with E-state index in [0.717, 1.165) is 33.4 Å². The third-order valence-corrected chi connectivity index (χ3v) is 20.0. The number of ether oxygens (including phenoxy) is 9. The number of nitrogen functional groups attached to an aromatic ring is 3. The maximum absolute atomic E-state index is 12.6. The van der Waals surface area contributed by atoms with Crippen LogP contribution in [0.25, 0.3) is 37.4 Å². The second-order valence-corrected chi connectivity index (χ2v) is 29.8. The first-order chi connectivity index (χ1) is 59.0. The molecule has 0 aliphatic carbocycles. The Balaban J connectivity index is 0.000000201. The third-order valence-electron chi connectivity index (χ3n) is 20.0. The number of aliphatic hydroxyl groups is 5. The Kier molecular flexibility index (Phi) is 35.6. The van der Waals surface area contributed by atoms with Crippen molar-refractivity contribution in [2.45, 2.75) is 151 Å². The number of fused-ring (bicyclic) bond motifs is 3. The molecule has 0 spiro atoms. The van der Waals surface area contributed by atoms with Gasteiger partial charge in [-0.05, 0) is 125 Å². The summed E-state index contributed by atoms with van der Waals surface area (Å²) in [5, 5.41) is 71.3. The second-order valence-electron chi connectivity index (χ2n) is 27.9. The van der Waals surface area contributed by atoms with Crippen molar-refractivity contribution in [1.29, 1.82) is 0 Å². The topological polar surface area (TPSA) is 450 Å². The highest BCUT2D eigenvalue weighted by molar-refractivity contribution is 7.54. The lowest BCUT2D eigenvalue weighted by Crippen LogP contribution is -2.55. The Bertz CT molecular complexity index is 5280.